The third kappa shape index (κ3) is 3.36. The Hall–Kier alpha value is -2.90. The van der Waals surface area contributed by atoms with Gasteiger partial charge in [-0.1, -0.05) is 29.8 Å². The highest BCUT2D eigenvalue weighted by atomic mass is 35.5. The minimum Gasteiger partial charge on any atom is -0.496 e. The number of para-hydroxylation sites is 1. The van der Waals surface area contributed by atoms with E-state index < -0.39 is 17.6 Å². The summed E-state index contributed by atoms with van der Waals surface area (Å²) in [6, 6.07) is 10.8. The number of carbonyl (C=O) groups is 2. The Morgan fingerprint density at radius 2 is 1.79 bits per heavy atom. The minimum atomic E-state index is -0.624. The van der Waals surface area contributed by atoms with E-state index in [1.165, 1.54) is 19.2 Å². The van der Waals surface area contributed by atoms with Gasteiger partial charge in [-0.05, 0) is 24.3 Å². The molecule has 0 saturated carbocycles. The molecule has 1 saturated heterocycles. The number of morpholine rings is 1. The third-order valence-electron chi connectivity index (χ3n) is 4.92. The summed E-state index contributed by atoms with van der Waals surface area (Å²) in [4.78, 5) is 29.7. The number of hydrogen-bond acceptors (Lipinski definition) is 5. The van der Waals surface area contributed by atoms with Crippen LogP contribution < -0.4 is 9.64 Å². The molecular formula is C21H18ClFN2O4. The average Bonchev–Trinajstić information content (AvgIpc) is 3.00. The number of halogens is 2. The number of carbonyl (C=O) groups excluding carboxylic acids is 2. The second kappa shape index (κ2) is 7.85. The van der Waals surface area contributed by atoms with Gasteiger partial charge in [0.15, 0.2) is 0 Å². The molecule has 2 aromatic carbocycles. The van der Waals surface area contributed by atoms with Crippen molar-refractivity contribution in [2.24, 2.45) is 0 Å². The molecule has 0 bridgehead atoms. The van der Waals surface area contributed by atoms with Crippen LogP contribution in [-0.2, 0) is 14.3 Å². The number of rotatable bonds is 4. The van der Waals surface area contributed by atoms with E-state index in [1.807, 2.05) is 4.90 Å². The van der Waals surface area contributed by atoms with Crippen LogP contribution in [0, 0.1) is 5.82 Å². The van der Waals surface area contributed by atoms with Gasteiger partial charge in [-0.3, -0.25) is 9.59 Å². The molecule has 6 nitrogen and oxygen atoms in total. The molecule has 29 heavy (non-hydrogen) atoms. The largest absolute Gasteiger partial charge is 0.496 e. The average molecular weight is 417 g/mol. The highest BCUT2D eigenvalue weighted by molar-refractivity contribution is 6.46. The molecule has 8 heteroatoms. The molecule has 2 aliphatic heterocycles. The maximum absolute atomic E-state index is 13.6. The van der Waals surface area contributed by atoms with Gasteiger partial charge in [0.1, 0.15) is 17.3 Å². The lowest BCUT2D eigenvalue weighted by Gasteiger charge is -2.29. The Morgan fingerprint density at radius 1 is 1.07 bits per heavy atom. The third-order valence-corrected chi connectivity index (χ3v) is 5.21. The molecule has 2 amide bonds. The molecule has 2 aliphatic rings. The molecule has 150 valence electrons. The number of imide groups is 1. The van der Waals surface area contributed by atoms with Gasteiger partial charge in [0, 0.05) is 18.7 Å². The van der Waals surface area contributed by atoms with Gasteiger partial charge in [0.2, 0.25) is 0 Å². The zero-order chi connectivity index (χ0) is 20.5. The van der Waals surface area contributed by atoms with Gasteiger partial charge in [-0.25, -0.2) is 9.29 Å². The molecule has 0 spiro atoms. The number of benzene rings is 2. The number of methoxy groups -OCH3 is 1. The van der Waals surface area contributed by atoms with Crippen molar-refractivity contribution in [3.63, 3.8) is 0 Å². The molecule has 2 aromatic rings. The molecule has 0 aromatic heterocycles. The van der Waals surface area contributed by atoms with Crippen LogP contribution in [0.15, 0.2) is 48.2 Å². The van der Waals surface area contributed by atoms with Crippen LogP contribution in [0.4, 0.5) is 10.1 Å². The van der Waals surface area contributed by atoms with Crippen LogP contribution in [0.25, 0.3) is 5.57 Å². The van der Waals surface area contributed by atoms with Crippen molar-refractivity contribution in [3.05, 3.63) is 64.6 Å². The van der Waals surface area contributed by atoms with Gasteiger partial charge in [-0.15, -0.1) is 0 Å². The Balaban J connectivity index is 1.87. The van der Waals surface area contributed by atoms with Crippen molar-refractivity contribution in [1.82, 2.24) is 4.90 Å². The zero-order valence-corrected chi connectivity index (χ0v) is 16.4. The number of amides is 2. The smallest absolute Gasteiger partial charge is 0.282 e. The standard InChI is InChI=1S/C21H18ClFN2O4/c1-28-17-5-3-2-4-14(17)18-19(24-8-10-29-11-9-24)21(27)25(20(18)26)13-6-7-16(23)15(22)12-13/h2-7,12H,8-11H2,1H3. The van der Waals surface area contributed by atoms with E-state index in [4.69, 9.17) is 21.1 Å². The Labute approximate surface area is 172 Å². The highest BCUT2D eigenvalue weighted by Gasteiger charge is 2.43. The zero-order valence-electron chi connectivity index (χ0n) is 15.7. The summed E-state index contributed by atoms with van der Waals surface area (Å²) in [5.41, 5.74) is 1.26. The molecule has 0 radical (unpaired) electrons. The summed E-state index contributed by atoms with van der Waals surface area (Å²) in [5.74, 6) is -1.14. The molecule has 2 heterocycles. The highest BCUT2D eigenvalue weighted by Crippen LogP contribution is 2.39. The van der Waals surface area contributed by atoms with E-state index in [1.54, 1.807) is 24.3 Å². The molecule has 0 unspecified atom stereocenters. The first-order valence-electron chi connectivity index (χ1n) is 9.07. The molecule has 0 atom stereocenters. The fourth-order valence-electron chi connectivity index (χ4n) is 3.55. The molecule has 0 aliphatic carbocycles. The van der Waals surface area contributed by atoms with E-state index in [2.05, 4.69) is 0 Å². The predicted molar refractivity (Wildman–Crippen MR) is 106 cm³/mol. The van der Waals surface area contributed by atoms with Crippen LogP contribution in [0.3, 0.4) is 0 Å². The quantitative estimate of drug-likeness (QED) is 0.717. The van der Waals surface area contributed by atoms with Gasteiger partial charge in [-0.2, -0.15) is 0 Å². The van der Waals surface area contributed by atoms with Gasteiger partial charge >= 0.3 is 0 Å². The summed E-state index contributed by atoms with van der Waals surface area (Å²) in [7, 11) is 1.51. The van der Waals surface area contributed by atoms with E-state index in [0.717, 1.165) is 11.0 Å². The van der Waals surface area contributed by atoms with Crippen molar-refractivity contribution in [2.45, 2.75) is 0 Å². The Morgan fingerprint density at radius 3 is 2.48 bits per heavy atom. The fraction of sp³-hybridized carbons (Fsp3) is 0.238. The summed E-state index contributed by atoms with van der Waals surface area (Å²) in [5, 5.41) is -0.165. The number of anilines is 1. The van der Waals surface area contributed by atoms with Crippen molar-refractivity contribution in [3.8, 4) is 5.75 Å². The van der Waals surface area contributed by atoms with Crippen LogP contribution >= 0.6 is 11.6 Å². The molecular weight excluding hydrogens is 399 g/mol. The summed E-state index contributed by atoms with van der Waals surface area (Å²) < 4.78 is 24.4. The maximum Gasteiger partial charge on any atom is 0.282 e. The topological polar surface area (TPSA) is 59.1 Å². The van der Waals surface area contributed by atoms with Crippen molar-refractivity contribution < 1.29 is 23.5 Å². The summed E-state index contributed by atoms with van der Waals surface area (Å²) >= 11 is 5.89. The van der Waals surface area contributed by atoms with E-state index >= 15 is 0 Å². The predicted octanol–water partition coefficient (Wildman–Crippen LogP) is 3.10. The van der Waals surface area contributed by atoms with Gasteiger partial charge < -0.3 is 14.4 Å². The van der Waals surface area contributed by atoms with Crippen LogP contribution in [0.1, 0.15) is 5.56 Å². The summed E-state index contributed by atoms with van der Waals surface area (Å²) in [6.07, 6.45) is 0. The summed E-state index contributed by atoms with van der Waals surface area (Å²) in [6.45, 7) is 1.86. The first-order chi connectivity index (χ1) is 14.0. The van der Waals surface area contributed by atoms with Crippen LogP contribution in [-0.4, -0.2) is 50.1 Å². The second-order valence-electron chi connectivity index (χ2n) is 6.57. The Kier molecular flexibility index (Phi) is 5.25. The number of hydrogen-bond donors (Lipinski definition) is 0. The van der Waals surface area contributed by atoms with Gasteiger partial charge in [0.05, 0.1) is 36.6 Å². The Bertz CT molecular complexity index is 1020. The lowest BCUT2D eigenvalue weighted by molar-refractivity contribution is -0.121. The lowest BCUT2D eigenvalue weighted by Crippen LogP contribution is -2.40. The first kappa shape index (κ1) is 19.4. The molecule has 4 rings (SSSR count). The molecule has 1 fully saturated rings. The fourth-order valence-corrected chi connectivity index (χ4v) is 3.73. The number of nitrogens with zero attached hydrogens (tertiary/aromatic N) is 2. The number of ether oxygens (including phenoxy) is 2. The second-order valence-corrected chi connectivity index (χ2v) is 6.97. The van der Waals surface area contributed by atoms with Crippen LogP contribution in [0.5, 0.6) is 5.75 Å². The monoisotopic (exact) mass is 416 g/mol. The van der Waals surface area contributed by atoms with E-state index in [9.17, 15) is 14.0 Å². The van der Waals surface area contributed by atoms with Crippen molar-refractivity contribution >= 4 is 34.7 Å². The normalized spacial score (nSPS) is 17.3. The van der Waals surface area contributed by atoms with Crippen molar-refractivity contribution in [1.29, 1.82) is 0 Å². The van der Waals surface area contributed by atoms with Crippen LogP contribution in [0.2, 0.25) is 5.02 Å². The minimum absolute atomic E-state index is 0.165. The van der Waals surface area contributed by atoms with Gasteiger partial charge in [0.25, 0.3) is 11.8 Å². The molecule has 0 N–H and O–H groups in total. The van der Waals surface area contributed by atoms with E-state index in [0.29, 0.717) is 37.6 Å². The SMILES string of the molecule is COc1ccccc1C1=C(N2CCOCC2)C(=O)N(c2ccc(F)c(Cl)c2)C1=O. The first-order valence-corrected chi connectivity index (χ1v) is 9.45. The van der Waals surface area contributed by atoms with Crippen molar-refractivity contribution in [2.75, 3.05) is 38.3 Å². The van der Waals surface area contributed by atoms with E-state index in [-0.39, 0.29) is 22.0 Å². The lowest BCUT2D eigenvalue weighted by atomic mass is 10.0. The maximum atomic E-state index is 13.6.